The number of nitrogens with zero attached hydrogens (tertiary/aromatic N) is 1. The maximum Gasteiger partial charge on any atom is 0.338 e. The van der Waals surface area contributed by atoms with Gasteiger partial charge in [0.25, 0.3) is 11.8 Å². The summed E-state index contributed by atoms with van der Waals surface area (Å²) in [7, 11) is 0. The SMILES string of the molecule is CC(=O)Nc1ccc(C(=O)COC(=O)c2ccc3c(c2)C(=O)N(c2ccccc2C)C3=O)cc1. The van der Waals surface area contributed by atoms with Crippen LogP contribution in [0.2, 0.25) is 0 Å². The number of amides is 3. The summed E-state index contributed by atoms with van der Waals surface area (Å²) in [6.45, 7) is 2.67. The number of imide groups is 1. The van der Waals surface area contributed by atoms with Gasteiger partial charge in [0.15, 0.2) is 12.4 Å². The number of hydrogen-bond acceptors (Lipinski definition) is 6. The second-order valence-electron chi connectivity index (χ2n) is 7.75. The largest absolute Gasteiger partial charge is 0.454 e. The van der Waals surface area contributed by atoms with E-state index in [0.29, 0.717) is 16.9 Å². The molecular weight excluding hydrogens is 436 g/mol. The van der Waals surface area contributed by atoms with Gasteiger partial charge in [-0.05, 0) is 61.0 Å². The number of carbonyl (C=O) groups excluding carboxylic acids is 5. The van der Waals surface area contributed by atoms with Crippen LogP contribution in [0.4, 0.5) is 11.4 Å². The molecule has 1 N–H and O–H groups in total. The van der Waals surface area contributed by atoms with E-state index in [1.165, 1.54) is 37.3 Å². The summed E-state index contributed by atoms with van der Waals surface area (Å²) in [5.41, 5.74) is 2.44. The van der Waals surface area contributed by atoms with Crippen LogP contribution in [-0.2, 0) is 9.53 Å². The maximum atomic E-state index is 13.0. The number of para-hydroxylation sites is 1. The maximum absolute atomic E-state index is 13.0. The number of anilines is 2. The van der Waals surface area contributed by atoms with Gasteiger partial charge in [0.1, 0.15) is 0 Å². The van der Waals surface area contributed by atoms with E-state index < -0.39 is 30.2 Å². The number of benzene rings is 3. The number of esters is 1. The van der Waals surface area contributed by atoms with Crippen molar-refractivity contribution in [1.82, 2.24) is 0 Å². The number of hydrogen-bond donors (Lipinski definition) is 1. The minimum atomic E-state index is -0.791. The van der Waals surface area contributed by atoms with E-state index in [1.54, 1.807) is 37.3 Å². The molecule has 0 atom stereocenters. The molecule has 1 aliphatic heterocycles. The smallest absolute Gasteiger partial charge is 0.338 e. The molecule has 34 heavy (non-hydrogen) atoms. The highest BCUT2D eigenvalue weighted by atomic mass is 16.5. The molecule has 0 unspecified atom stereocenters. The second-order valence-corrected chi connectivity index (χ2v) is 7.75. The van der Waals surface area contributed by atoms with Crippen molar-refractivity contribution in [3.05, 3.63) is 94.5 Å². The lowest BCUT2D eigenvalue weighted by Crippen LogP contribution is -2.29. The molecule has 3 aromatic carbocycles. The Hall–Kier alpha value is -4.59. The van der Waals surface area contributed by atoms with E-state index in [2.05, 4.69) is 5.32 Å². The molecule has 3 aromatic rings. The van der Waals surface area contributed by atoms with Crippen LogP contribution in [0.3, 0.4) is 0 Å². The standard InChI is InChI=1S/C26H20N2O6/c1-15-5-3-4-6-22(15)28-24(31)20-12-9-18(13-21(20)25(28)32)26(33)34-14-23(30)17-7-10-19(11-8-17)27-16(2)29/h3-13H,14H2,1-2H3,(H,27,29). The lowest BCUT2D eigenvalue weighted by molar-refractivity contribution is -0.114. The number of carbonyl (C=O) groups is 5. The molecule has 8 nitrogen and oxygen atoms in total. The summed E-state index contributed by atoms with van der Waals surface area (Å²) in [4.78, 5) is 62.8. The average molecular weight is 456 g/mol. The fraction of sp³-hybridized carbons (Fsp3) is 0.115. The number of nitrogens with one attached hydrogen (secondary N) is 1. The Morgan fingerprint density at radius 2 is 1.50 bits per heavy atom. The molecule has 1 heterocycles. The third kappa shape index (κ3) is 4.33. The second kappa shape index (κ2) is 9.11. The van der Waals surface area contributed by atoms with Crippen LogP contribution in [0, 0.1) is 6.92 Å². The lowest BCUT2D eigenvalue weighted by Gasteiger charge is -2.16. The zero-order valence-corrected chi connectivity index (χ0v) is 18.5. The van der Waals surface area contributed by atoms with Crippen LogP contribution in [0.25, 0.3) is 0 Å². The number of aryl methyl sites for hydroxylation is 1. The van der Waals surface area contributed by atoms with E-state index >= 15 is 0 Å². The molecule has 0 aliphatic carbocycles. The van der Waals surface area contributed by atoms with Gasteiger partial charge in [0.2, 0.25) is 5.91 Å². The predicted molar refractivity (Wildman–Crippen MR) is 124 cm³/mol. The van der Waals surface area contributed by atoms with Crippen molar-refractivity contribution in [1.29, 1.82) is 0 Å². The summed E-state index contributed by atoms with van der Waals surface area (Å²) >= 11 is 0. The number of Topliss-reactive ketones (excluding diaryl/α,β-unsaturated/α-hetero) is 1. The quantitative estimate of drug-likeness (QED) is 0.343. The summed E-state index contributed by atoms with van der Waals surface area (Å²) in [6, 6.07) is 17.3. The predicted octanol–water partition coefficient (Wildman–Crippen LogP) is 3.79. The van der Waals surface area contributed by atoms with E-state index in [9.17, 15) is 24.0 Å². The monoisotopic (exact) mass is 456 g/mol. The molecule has 0 saturated heterocycles. The first-order chi connectivity index (χ1) is 16.3. The van der Waals surface area contributed by atoms with Gasteiger partial charge in [-0.25, -0.2) is 9.69 Å². The van der Waals surface area contributed by atoms with Crippen molar-refractivity contribution in [2.24, 2.45) is 0 Å². The number of rotatable bonds is 6. The highest BCUT2D eigenvalue weighted by Gasteiger charge is 2.37. The zero-order chi connectivity index (χ0) is 24.4. The van der Waals surface area contributed by atoms with Gasteiger partial charge in [0.05, 0.1) is 22.4 Å². The first-order valence-corrected chi connectivity index (χ1v) is 10.4. The molecule has 0 radical (unpaired) electrons. The van der Waals surface area contributed by atoms with Crippen LogP contribution in [0.5, 0.6) is 0 Å². The van der Waals surface area contributed by atoms with Crippen molar-refractivity contribution in [3.63, 3.8) is 0 Å². The Morgan fingerprint density at radius 1 is 0.853 bits per heavy atom. The van der Waals surface area contributed by atoms with Gasteiger partial charge in [-0.15, -0.1) is 0 Å². The third-order valence-electron chi connectivity index (χ3n) is 5.34. The van der Waals surface area contributed by atoms with E-state index in [1.807, 2.05) is 6.07 Å². The fourth-order valence-electron chi connectivity index (χ4n) is 3.64. The first-order valence-electron chi connectivity index (χ1n) is 10.4. The molecule has 0 spiro atoms. The van der Waals surface area contributed by atoms with Crippen molar-refractivity contribution in [2.45, 2.75) is 13.8 Å². The van der Waals surface area contributed by atoms with Gasteiger partial charge in [-0.2, -0.15) is 0 Å². The number of ether oxygens (including phenoxy) is 1. The Labute approximate surface area is 195 Å². The summed E-state index contributed by atoms with van der Waals surface area (Å²) in [6.07, 6.45) is 0. The topological polar surface area (TPSA) is 110 Å². The summed E-state index contributed by atoms with van der Waals surface area (Å²) in [5, 5.41) is 2.60. The molecule has 8 heteroatoms. The Kier molecular flexibility index (Phi) is 6.05. The van der Waals surface area contributed by atoms with Crippen LogP contribution in [0.15, 0.2) is 66.7 Å². The van der Waals surface area contributed by atoms with Gasteiger partial charge >= 0.3 is 5.97 Å². The van der Waals surface area contributed by atoms with Crippen molar-refractivity contribution in [3.8, 4) is 0 Å². The van der Waals surface area contributed by atoms with Crippen molar-refractivity contribution >= 4 is 40.8 Å². The minimum absolute atomic E-state index is 0.0559. The fourth-order valence-corrected chi connectivity index (χ4v) is 3.64. The first kappa shape index (κ1) is 22.6. The Morgan fingerprint density at radius 3 is 2.18 bits per heavy atom. The van der Waals surface area contributed by atoms with Crippen LogP contribution in [0.1, 0.15) is 53.9 Å². The molecule has 0 aromatic heterocycles. The van der Waals surface area contributed by atoms with E-state index in [4.69, 9.17) is 4.74 Å². The van der Waals surface area contributed by atoms with Gasteiger partial charge in [-0.1, -0.05) is 18.2 Å². The van der Waals surface area contributed by atoms with Crippen LogP contribution in [-0.4, -0.2) is 36.1 Å². The van der Waals surface area contributed by atoms with E-state index in [0.717, 1.165) is 10.5 Å². The molecule has 0 bridgehead atoms. The lowest BCUT2D eigenvalue weighted by atomic mass is 10.1. The summed E-state index contributed by atoms with van der Waals surface area (Å²) < 4.78 is 5.12. The minimum Gasteiger partial charge on any atom is -0.454 e. The molecule has 0 saturated carbocycles. The molecule has 0 fully saturated rings. The van der Waals surface area contributed by atoms with Crippen LogP contribution >= 0.6 is 0 Å². The molecular formula is C26H20N2O6. The van der Waals surface area contributed by atoms with E-state index in [-0.39, 0.29) is 22.6 Å². The molecule has 1 aliphatic rings. The highest BCUT2D eigenvalue weighted by molar-refractivity contribution is 6.35. The average Bonchev–Trinajstić information content (AvgIpc) is 3.07. The Balaban J connectivity index is 1.46. The normalized spacial score (nSPS) is 12.4. The van der Waals surface area contributed by atoms with Gasteiger partial charge in [-0.3, -0.25) is 19.2 Å². The molecule has 170 valence electrons. The van der Waals surface area contributed by atoms with Crippen molar-refractivity contribution in [2.75, 3.05) is 16.8 Å². The van der Waals surface area contributed by atoms with Gasteiger partial charge in [0, 0.05) is 18.2 Å². The van der Waals surface area contributed by atoms with Gasteiger partial charge < -0.3 is 10.1 Å². The number of ketones is 1. The zero-order valence-electron chi connectivity index (χ0n) is 18.5. The third-order valence-corrected chi connectivity index (χ3v) is 5.34. The van der Waals surface area contributed by atoms with Crippen LogP contribution < -0.4 is 10.2 Å². The highest BCUT2D eigenvalue weighted by Crippen LogP contribution is 2.31. The molecule has 4 rings (SSSR count). The Bertz CT molecular complexity index is 1340. The summed E-state index contributed by atoms with van der Waals surface area (Å²) in [5.74, 6) is -2.45. The number of fused-ring (bicyclic) bond motifs is 1. The van der Waals surface area contributed by atoms with Crippen molar-refractivity contribution < 1.29 is 28.7 Å². The molecule has 3 amide bonds.